The fourth-order valence-corrected chi connectivity index (χ4v) is 2.42. The molecular formula is C15H17N3O2. The molecule has 1 aliphatic heterocycles. The van der Waals surface area contributed by atoms with Crippen molar-refractivity contribution in [2.45, 2.75) is 6.92 Å². The van der Waals surface area contributed by atoms with Crippen molar-refractivity contribution in [3.63, 3.8) is 0 Å². The Morgan fingerprint density at radius 3 is 2.45 bits per heavy atom. The first-order valence-corrected chi connectivity index (χ1v) is 6.76. The van der Waals surface area contributed by atoms with Crippen LogP contribution in [-0.2, 0) is 0 Å². The maximum Gasteiger partial charge on any atom is 0.291 e. The van der Waals surface area contributed by atoms with Crippen molar-refractivity contribution in [2.75, 3.05) is 31.1 Å². The van der Waals surface area contributed by atoms with Crippen LogP contribution in [0.15, 0.2) is 40.9 Å². The van der Waals surface area contributed by atoms with Crippen molar-refractivity contribution in [2.24, 2.45) is 0 Å². The number of anilines is 1. The first kappa shape index (κ1) is 12.7. The number of benzene rings is 1. The van der Waals surface area contributed by atoms with Crippen LogP contribution < -0.4 is 4.90 Å². The van der Waals surface area contributed by atoms with Crippen molar-refractivity contribution in [3.05, 3.63) is 48.2 Å². The second kappa shape index (κ2) is 5.36. The molecule has 0 spiro atoms. The summed E-state index contributed by atoms with van der Waals surface area (Å²) in [5.74, 6) is 0.783. The Hall–Kier alpha value is -2.30. The Morgan fingerprint density at radius 1 is 1.15 bits per heavy atom. The number of oxazole rings is 1. The van der Waals surface area contributed by atoms with Crippen molar-refractivity contribution in [3.8, 4) is 0 Å². The SMILES string of the molecule is Cc1ncc(C(=O)N2CCN(c3ccccc3)CC2)o1. The van der Waals surface area contributed by atoms with E-state index in [0.717, 1.165) is 13.1 Å². The van der Waals surface area contributed by atoms with Crippen LogP contribution in [0.3, 0.4) is 0 Å². The van der Waals surface area contributed by atoms with Gasteiger partial charge in [-0.05, 0) is 12.1 Å². The average molecular weight is 271 g/mol. The van der Waals surface area contributed by atoms with Gasteiger partial charge in [0.1, 0.15) is 0 Å². The molecule has 2 aromatic rings. The summed E-state index contributed by atoms with van der Waals surface area (Å²) in [7, 11) is 0. The van der Waals surface area contributed by atoms with Crippen LogP contribution in [0.5, 0.6) is 0 Å². The molecule has 5 nitrogen and oxygen atoms in total. The van der Waals surface area contributed by atoms with Gasteiger partial charge in [0, 0.05) is 38.8 Å². The number of carbonyl (C=O) groups is 1. The number of aryl methyl sites for hydroxylation is 1. The number of nitrogens with zero attached hydrogens (tertiary/aromatic N) is 3. The standard InChI is InChI=1S/C15H17N3O2/c1-12-16-11-14(20-12)15(19)18-9-7-17(8-10-18)13-5-3-2-4-6-13/h2-6,11H,7-10H2,1H3. The predicted octanol–water partition coefficient (Wildman–Crippen LogP) is 1.95. The highest BCUT2D eigenvalue weighted by atomic mass is 16.4. The van der Waals surface area contributed by atoms with Gasteiger partial charge in [-0.1, -0.05) is 18.2 Å². The Morgan fingerprint density at radius 2 is 1.85 bits per heavy atom. The minimum Gasteiger partial charge on any atom is -0.436 e. The molecule has 20 heavy (non-hydrogen) atoms. The van der Waals surface area contributed by atoms with E-state index in [4.69, 9.17) is 4.42 Å². The van der Waals surface area contributed by atoms with Gasteiger partial charge in [0.05, 0.1) is 6.20 Å². The summed E-state index contributed by atoms with van der Waals surface area (Å²) >= 11 is 0. The van der Waals surface area contributed by atoms with Gasteiger partial charge in [-0.25, -0.2) is 4.98 Å². The lowest BCUT2D eigenvalue weighted by Crippen LogP contribution is -2.48. The van der Waals surface area contributed by atoms with Gasteiger partial charge >= 0.3 is 0 Å². The molecule has 1 saturated heterocycles. The van der Waals surface area contributed by atoms with Crippen molar-refractivity contribution < 1.29 is 9.21 Å². The van der Waals surface area contributed by atoms with Gasteiger partial charge in [0.15, 0.2) is 5.89 Å². The van der Waals surface area contributed by atoms with E-state index >= 15 is 0 Å². The molecule has 1 aliphatic rings. The van der Waals surface area contributed by atoms with Crippen LogP contribution in [0.4, 0.5) is 5.69 Å². The first-order valence-electron chi connectivity index (χ1n) is 6.76. The van der Waals surface area contributed by atoms with E-state index in [-0.39, 0.29) is 5.91 Å². The number of hydrogen-bond donors (Lipinski definition) is 0. The third kappa shape index (κ3) is 2.52. The van der Waals surface area contributed by atoms with Gasteiger partial charge in [0.2, 0.25) is 5.76 Å². The zero-order chi connectivity index (χ0) is 13.9. The van der Waals surface area contributed by atoms with Crippen molar-refractivity contribution in [1.82, 2.24) is 9.88 Å². The third-order valence-corrected chi connectivity index (χ3v) is 3.52. The highest BCUT2D eigenvalue weighted by Gasteiger charge is 2.24. The lowest BCUT2D eigenvalue weighted by Gasteiger charge is -2.35. The van der Waals surface area contributed by atoms with E-state index in [0.29, 0.717) is 24.7 Å². The Labute approximate surface area is 117 Å². The average Bonchev–Trinajstić information content (AvgIpc) is 2.94. The van der Waals surface area contributed by atoms with Crippen LogP contribution in [0.1, 0.15) is 16.4 Å². The highest BCUT2D eigenvalue weighted by Crippen LogP contribution is 2.17. The Balaban J connectivity index is 1.63. The zero-order valence-electron chi connectivity index (χ0n) is 11.5. The lowest BCUT2D eigenvalue weighted by atomic mass is 10.2. The molecule has 0 atom stereocenters. The minimum atomic E-state index is -0.0710. The first-order chi connectivity index (χ1) is 9.74. The highest BCUT2D eigenvalue weighted by molar-refractivity contribution is 5.91. The maximum absolute atomic E-state index is 12.2. The molecule has 1 amide bonds. The second-order valence-corrected chi connectivity index (χ2v) is 4.86. The van der Waals surface area contributed by atoms with Crippen LogP contribution in [-0.4, -0.2) is 42.0 Å². The van der Waals surface area contributed by atoms with E-state index < -0.39 is 0 Å². The van der Waals surface area contributed by atoms with Crippen LogP contribution in [0.2, 0.25) is 0 Å². The Bertz CT molecular complexity index is 586. The molecule has 0 radical (unpaired) electrons. The van der Waals surface area contributed by atoms with Gasteiger partial charge in [0.25, 0.3) is 5.91 Å². The molecular weight excluding hydrogens is 254 g/mol. The molecule has 2 heterocycles. The van der Waals surface area contributed by atoms with E-state index in [1.165, 1.54) is 11.9 Å². The molecule has 5 heteroatoms. The molecule has 3 rings (SSSR count). The number of aromatic nitrogens is 1. The van der Waals surface area contributed by atoms with Crippen molar-refractivity contribution >= 4 is 11.6 Å². The normalized spacial score (nSPS) is 15.4. The minimum absolute atomic E-state index is 0.0710. The van der Waals surface area contributed by atoms with Crippen LogP contribution in [0.25, 0.3) is 0 Å². The fraction of sp³-hybridized carbons (Fsp3) is 0.333. The number of piperazine rings is 1. The number of rotatable bonds is 2. The van der Waals surface area contributed by atoms with Gasteiger partial charge in [-0.2, -0.15) is 0 Å². The molecule has 104 valence electrons. The topological polar surface area (TPSA) is 49.6 Å². The summed E-state index contributed by atoms with van der Waals surface area (Å²) in [6.45, 7) is 4.82. The number of amides is 1. The summed E-state index contributed by atoms with van der Waals surface area (Å²) in [6.07, 6.45) is 1.50. The summed E-state index contributed by atoms with van der Waals surface area (Å²) < 4.78 is 5.29. The number of para-hydroxylation sites is 1. The molecule has 1 aromatic heterocycles. The Kier molecular flexibility index (Phi) is 3.41. The van der Waals surface area contributed by atoms with Crippen LogP contribution in [0, 0.1) is 6.92 Å². The summed E-state index contributed by atoms with van der Waals surface area (Å²) in [6, 6.07) is 10.3. The zero-order valence-corrected chi connectivity index (χ0v) is 11.5. The van der Waals surface area contributed by atoms with Crippen LogP contribution >= 0.6 is 0 Å². The lowest BCUT2D eigenvalue weighted by molar-refractivity contribution is 0.0713. The molecule has 0 aliphatic carbocycles. The van der Waals surface area contributed by atoms with E-state index in [1.807, 2.05) is 23.1 Å². The molecule has 1 fully saturated rings. The molecule has 0 bridgehead atoms. The molecule has 1 aromatic carbocycles. The quantitative estimate of drug-likeness (QED) is 0.837. The van der Waals surface area contributed by atoms with Gasteiger partial charge in [-0.3, -0.25) is 4.79 Å². The van der Waals surface area contributed by atoms with E-state index in [9.17, 15) is 4.79 Å². The van der Waals surface area contributed by atoms with Crippen molar-refractivity contribution in [1.29, 1.82) is 0 Å². The largest absolute Gasteiger partial charge is 0.436 e. The summed E-state index contributed by atoms with van der Waals surface area (Å²) in [5.41, 5.74) is 1.20. The fourth-order valence-electron chi connectivity index (χ4n) is 2.42. The molecule has 0 unspecified atom stereocenters. The van der Waals surface area contributed by atoms with E-state index in [2.05, 4.69) is 22.0 Å². The monoisotopic (exact) mass is 271 g/mol. The number of hydrogen-bond acceptors (Lipinski definition) is 4. The van der Waals surface area contributed by atoms with Gasteiger partial charge < -0.3 is 14.2 Å². The number of carbonyl (C=O) groups excluding carboxylic acids is 1. The predicted molar refractivity (Wildman–Crippen MR) is 75.8 cm³/mol. The van der Waals surface area contributed by atoms with Gasteiger partial charge in [-0.15, -0.1) is 0 Å². The second-order valence-electron chi connectivity index (χ2n) is 4.86. The summed E-state index contributed by atoms with van der Waals surface area (Å²) in [5, 5.41) is 0. The van der Waals surface area contributed by atoms with E-state index in [1.54, 1.807) is 6.92 Å². The third-order valence-electron chi connectivity index (χ3n) is 3.52. The maximum atomic E-state index is 12.2. The molecule has 0 N–H and O–H groups in total. The molecule has 0 saturated carbocycles. The summed E-state index contributed by atoms with van der Waals surface area (Å²) in [4.78, 5) is 20.3. The smallest absolute Gasteiger partial charge is 0.291 e.